The summed E-state index contributed by atoms with van der Waals surface area (Å²) in [5, 5.41) is 0.466. The summed E-state index contributed by atoms with van der Waals surface area (Å²) in [6.07, 6.45) is -1.51. The smallest absolute Gasteiger partial charge is 0.330 e. The summed E-state index contributed by atoms with van der Waals surface area (Å²) in [4.78, 5) is 27.8. The summed E-state index contributed by atoms with van der Waals surface area (Å²) in [6.45, 7) is 22.3. The Bertz CT molecular complexity index is 1350. The number of ether oxygens (including phenoxy) is 1. The third kappa shape index (κ3) is 5.79. The summed E-state index contributed by atoms with van der Waals surface area (Å²) >= 11 is 0. The molecule has 1 spiro atoms. The normalized spacial score (nSPS) is 27.8. The predicted octanol–water partition coefficient (Wildman–Crippen LogP) is 3.31. The van der Waals surface area contributed by atoms with Crippen molar-refractivity contribution >= 4 is 26.8 Å². The first-order valence-electron chi connectivity index (χ1n) is 13.2. The monoisotopic (exact) mass is 603 g/mol. The van der Waals surface area contributed by atoms with Crippen LogP contribution in [0.3, 0.4) is 0 Å². The Kier molecular flexibility index (Phi) is 8.25. The number of nitrogens with zero attached hydrogens (tertiary/aromatic N) is 1. The van der Waals surface area contributed by atoms with E-state index < -0.39 is 62.0 Å². The molecule has 0 amide bonds. The third-order valence-electron chi connectivity index (χ3n) is 8.77. The standard InChI is InChI=1S/C25H45N3O8SSi2/c1-12-16-13-28(22(30)27-20(16)29)21-19(35-39(10,11)24(5,6)7)25(17(26)15-37(31,32)36-25)18(34-21)14-33-38(8,9)23(2,3)4/h13,15,18-19,21H,12,14,26H2,1-11H3,(H,27,29,30). The van der Waals surface area contributed by atoms with Crippen molar-refractivity contribution in [2.24, 2.45) is 5.73 Å². The van der Waals surface area contributed by atoms with E-state index in [4.69, 9.17) is 23.5 Å². The summed E-state index contributed by atoms with van der Waals surface area (Å²) in [7, 11) is -9.15. The Morgan fingerprint density at radius 2 is 1.64 bits per heavy atom. The second-order valence-electron chi connectivity index (χ2n) is 13.5. The predicted molar refractivity (Wildman–Crippen MR) is 155 cm³/mol. The molecule has 0 radical (unpaired) electrons. The van der Waals surface area contributed by atoms with Crippen LogP contribution in [0.25, 0.3) is 0 Å². The van der Waals surface area contributed by atoms with Crippen LogP contribution < -0.4 is 17.0 Å². The lowest BCUT2D eigenvalue weighted by Gasteiger charge is -2.43. The van der Waals surface area contributed by atoms with E-state index in [1.807, 2.05) is 33.9 Å². The summed E-state index contributed by atoms with van der Waals surface area (Å²) in [6, 6.07) is 0. The lowest BCUT2D eigenvalue weighted by atomic mass is 9.89. The van der Waals surface area contributed by atoms with Crippen LogP contribution in [0.4, 0.5) is 0 Å². The van der Waals surface area contributed by atoms with Crippen LogP contribution in [0.5, 0.6) is 0 Å². The molecule has 1 saturated heterocycles. The summed E-state index contributed by atoms with van der Waals surface area (Å²) in [5.41, 5.74) is 3.77. The average Bonchev–Trinajstić information content (AvgIpc) is 3.17. The Hall–Kier alpha value is -1.56. The number of aromatic nitrogens is 2. The van der Waals surface area contributed by atoms with E-state index >= 15 is 0 Å². The fraction of sp³-hybridized carbons (Fsp3) is 0.760. The van der Waals surface area contributed by atoms with E-state index in [0.29, 0.717) is 12.0 Å². The molecule has 0 aromatic carbocycles. The zero-order valence-corrected chi connectivity index (χ0v) is 27.8. The minimum atomic E-state index is -4.18. The van der Waals surface area contributed by atoms with Crippen molar-refractivity contribution in [2.45, 2.75) is 115 Å². The number of H-pyrrole nitrogens is 1. The van der Waals surface area contributed by atoms with Gasteiger partial charge in [-0.1, -0.05) is 48.5 Å². The second kappa shape index (κ2) is 10.1. The zero-order chi connectivity index (χ0) is 30.0. The Morgan fingerprint density at radius 3 is 2.10 bits per heavy atom. The molecule has 2 aliphatic heterocycles. The molecule has 1 fully saturated rings. The fourth-order valence-corrected chi connectivity index (χ4v) is 7.69. The van der Waals surface area contributed by atoms with Crippen LogP contribution in [-0.4, -0.2) is 59.0 Å². The van der Waals surface area contributed by atoms with Crippen molar-refractivity contribution < 1.29 is 26.2 Å². The molecule has 14 heteroatoms. The highest BCUT2D eigenvalue weighted by atomic mass is 32.2. The van der Waals surface area contributed by atoms with Gasteiger partial charge in [0, 0.05) is 11.8 Å². The van der Waals surface area contributed by atoms with Gasteiger partial charge in [-0.15, -0.1) is 0 Å². The Morgan fingerprint density at radius 1 is 1.08 bits per heavy atom. The zero-order valence-electron chi connectivity index (χ0n) is 25.0. The van der Waals surface area contributed by atoms with Crippen LogP contribution in [0.15, 0.2) is 26.9 Å². The van der Waals surface area contributed by atoms with E-state index in [2.05, 4.69) is 38.8 Å². The SMILES string of the molecule is CCc1cn(C2OC(CO[Si](C)(C)C(C)(C)C)C3(OS(=O)(=O)C=C3N)C2O[Si](C)(C)C(C)(C)C)c(=O)[nH]c1=O. The van der Waals surface area contributed by atoms with Gasteiger partial charge in [0.05, 0.1) is 17.7 Å². The van der Waals surface area contributed by atoms with Gasteiger partial charge in [-0.05, 0) is 42.7 Å². The quantitative estimate of drug-likeness (QED) is 0.353. The molecule has 0 aliphatic carbocycles. The maximum atomic E-state index is 13.1. The van der Waals surface area contributed by atoms with Gasteiger partial charge < -0.3 is 19.3 Å². The number of nitrogens with two attached hydrogens (primary N) is 1. The van der Waals surface area contributed by atoms with Gasteiger partial charge in [-0.25, -0.2) is 8.98 Å². The lowest BCUT2D eigenvalue weighted by molar-refractivity contribution is -0.0563. The van der Waals surface area contributed by atoms with Gasteiger partial charge in [-0.3, -0.25) is 14.3 Å². The molecule has 0 saturated carbocycles. The van der Waals surface area contributed by atoms with Gasteiger partial charge >= 0.3 is 5.69 Å². The van der Waals surface area contributed by atoms with E-state index in [-0.39, 0.29) is 22.4 Å². The molecule has 1 aromatic rings. The van der Waals surface area contributed by atoms with Crippen LogP contribution >= 0.6 is 0 Å². The first kappa shape index (κ1) is 32.0. The minimum Gasteiger partial charge on any atom is -0.414 e. The number of nitrogens with one attached hydrogen (secondary N) is 1. The topological polar surface area (TPSA) is 152 Å². The van der Waals surface area contributed by atoms with Gasteiger partial charge in [-0.2, -0.15) is 8.42 Å². The van der Waals surface area contributed by atoms with Crippen molar-refractivity contribution in [3.8, 4) is 0 Å². The first-order chi connectivity index (χ1) is 17.5. The molecular formula is C25H45N3O8SSi2. The minimum absolute atomic E-state index is 0.0346. The molecule has 2 aliphatic rings. The number of hydrogen-bond acceptors (Lipinski definition) is 9. The molecule has 4 atom stereocenters. The van der Waals surface area contributed by atoms with Crippen molar-refractivity contribution in [3.05, 3.63) is 43.7 Å². The van der Waals surface area contributed by atoms with E-state index in [1.54, 1.807) is 6.92 Å². The molecule has 11 nitrogen and oxygen atoms in total. The van der Waals surface area contributed by atoms with Crippen molar-refractivity contribution in [1.29, 1.82) is 0 Å². The lowest BCUT2D eigenvalue weighted by Crippen LogP contribution is -2.59. The van der Waals surface area contributed by atoms with E-state index in [9.17, 15) is 18.0 Å². The maximum absolute atomic E-state index is 13.1. The van der Waals surface area contributed by atoms with Gasteiger partial charge in [0.25, 0.3) is 15.7 Å². The first-order valence-corrected chi connectivity index (χ1v) is 20.5. The van der Waals surface area contributed by atoms with E-state index in [1.165, 1.54) is 10.8 Å². The molecule has 39 heavy (non-hydrogen) atoms. The highest BCUT2D eigenvalue weighted by Gasteiger charge is 2.67. The molecule has 3 rings (SSSR count). The third-order valence-corrected chi connectivity index (χ3v) is 18.8. The second-order valence-corrected chi connectivity index (χ2v) is 24.5. The van der Waals surface area contributed by atoms with Crippen molar-refractivity contribution in [3.63, 3.8) is 0 Å². The molecule has 4 unspecified atom stereocenters. The number of aromatic amines is 1. The maximum Gasteiger partial charge on any atom is 0.330 e. The van der Waals surface area contributed by atoms with Crippen molar-refractivity contribution in [2.75, 3.05) is 6.61 Å². The summed E-state index contributed by atoms with van der Waals surface area (Å²) in [5.74, 6) is 0. The Balaban J connectivity index is 2.25. The fourth-order valence-electron chi connectivity index (χ4n) is 4.18. The number of aryl methyl sites for hydroxylation is 1. The molecular weight excluding hydrogens is 559 g/mol. The highest BCUT2D eigenvalue weighted by Crippen LogP contribution is 2.52. The van der Waals surface area contributed by atoms with Crippen LogP contribution in [-0.2, 0) is 34.3 Å². The molecule has 222 valence electrons. The number of rotatable bonds is 7. The van der Waals surface area contributed by atoms with Crippen LogP contribution in [0, 0.1) is 0 Å². The Labute approximate surface area is 233 Å². The van der Waals surface area contributed by atoms with Crippen molar-refractivity contribution in [1.82, 2.24) is 9.55 Å². The van der Waals surface area contributed by atoms with Gasteiger partial charge in [0.1, 0.15) is 12.2 Å². The van der Waals surface area contributed by atoms with Crippen LogP contribution in [0.1, 0.15) is 60.3 Å². The molecule has 1 aromatic heterocycles. The van der Waals surface area contributed by atoms with E-state index in [0.717, 1.165) is 5.41 Å². The van der Waals surface area contributed by atoms with Gasteiger partial charge in [0.15, 0.2) is 28.5 Å². The largest absolute Gasteiger partial charge is 0.414 e. The summed E-state index contributed by atoms with van der Waals surface area (Å²) < 4.78 is 52.5. The van der Waals surface area contributed by atoms with Gasteiger partial charge in [0.2, 0.25) is 0 Å². The molecule has 0 bridgehead atoms. The molecule has 3 heterocycles. The highest BCUT2D eigenvalue weighted by molar-refractivity contribution is 7.90. The molecule has 3 N–H and O–H groups in total. The average molecular weight is 604 g/mol. The number of hydrogen-bond donors (Lipinski definition) is 2. The van der Waals surface area contributed by atoms with Crippen LogP contribution in [0.2, 0.25) is 36.3 Å².